The molecule has 152 valence electrons. The summed E-state index contributed by atoms with van der Waals surface area (Å²) in [7, 11) is 0. The Morgan fingerprint density at radius 3 is 2.69 bits per heavy atom. The van der Waals surface area contributed by atoms with Crippen LogP contribution in [0.3, 0.4) is 0 Å². The lowest BCUT2D eigenvalue weighted by molar-refractivity contribution is -0.145. The number of likely N-dealkylation sites (tertiary alicyclic amines) is 1. The van der Waals surface area contributed by atoms with Crippen LogP contribution < -0.4 is 5.32 Å². The molecule has 3 aliphatic heterocycles. The number of amides is 2. The third-order valence-corrected chi connectivity index (χ3v) is 7.94. The van der Waals surface area contributed by atoms with Gasteiger partial charge in [-0.1, -0.05) is 30.3 Å². The van der Waals surface area contributed by atoms with Gasteiger partial charge in [-0.15, -0.1) is 11.3 Å². The minimum atomic E-state index is -0.247. The van der Waals surface area contributed by atoms with Gasteiger partial charge in [0, 0.05) is 35.8 Å². The first-order chi connectivity index (χ1) is 14.1. The van der Waals surface area contributed by atoms with Gasteiger partial charge >= 0.3 is 0 Å². The highest BCUT2D eigenvalue weighted by atomic mass is 32.1. The van der Waals surface area contributed by atoms with E-state index >= 15 is 0 Å². The van der Waals surface area contributed by atoms with E-state index in [9.17, 15) is 9.59 Å². The lowest BCUT2D eigenvalue weighted by Crippen LogP contribution is -2.51. The zero-order valence-corrected chi connectivity index (χ0v) is 17.3. The van der Waals surface area contributed by atoms with Crippen LogP contribution in [0.25, 0.3) is 10.4 Å². The summed E-state index contributed by atoms with van der Waals surface area (Å²) >= 11 is 1.86. The molecule has 1 aromatic carbocycles. The van der Waals surface area contributed by atoms with Crippen molar-refractivity contribution in [2.24, 2.45) is 5.92 Å². The Morgan fingerprint density at radius 1 is 1.17 bits per heavy atom. The van der Waals surface area contributed by atoms with Crippen molar-refractivity contribution in [2.75, 3.05) is 26.2 Å². The second kappa shape index (κ2) is 7.58. The molecule has 0 aliphatic carbocycles. The molecule has 1 spiro atoms. The van der Waals surface area contributed by atoms with Gasteiger partial charge in [-0.2, -0.15) is 0 Å². The number of ether oxygens (including phenoxy) is 1. The standard InChI is InChI=1S/C23H26N2O3S/c26-20-7-6-18(15-24-20)22(27)25-11-9-23(10-12-25)21-17(8-13-28-23)14-19(29-21)16-4-2-1-3-5-16/h1-5,14,18H,6-13,15H2,(H,24,26). The number of fused-ring (bicyclic) bond motifs is 2. The Labute approximate surface area is 175 Å². The molecule has 6 heteroatoms. The van der Waals surface area contributed by atoms with E-state index in [0.29, 0.717) is 19.4 Å². The van der Waals surface area contributed by atoms with Crippen LogP contribution in [0.4, 0.5) is 0 Å². The van der Waals surface area contributed by atoms with Crippen LogP contribution in [0.15, 0.2) is 36.4 Å². The number of carbonyl (C=O) groups is 2. The molecule has 3 aliphatic rings. The van der Waals surface area contributed by atoms with Crippen LogP contribution >= 0.6 is 11.3 Å². The molecule has 1 unspecified atom stereocenters. The molecule has 5 nitrogen and oxygen atoms in total. The summed E-state index contributed by atoms with van der Waals surface area (Å²) in [5, 5.41) is 2.83. The van der Waals surface area contributed by atoms with Crippen molar-refractivity contribution >= 4 is 23.2 Å². The van der Waals surface area contributed by atoms with Gasteiger partial charge in [-0.05, 0) is 42.9 Å². The maximum absolute atomic E-state index is 12.9. The fraction of sp³-hybridized carbons (Fsp3) is 0.478. The Bertz CT molecular complexity index is 905. The third-order valence-electron chi connectivity index (χ3n) is 6.53. The van der Waals surface area contributed by atoms with E-state index in [1.165, 1.54) is 20.9 Å². The van der Waals surface area contributed by atoms with Crippen LogP contribution in [0, 0.1) is 5.92 Å². The van der Waals surface area contributed by atoms with Crippen molar-refractivity contribution in [3.63, 3.8) is 0 Å². The number of carbonyl (C=O) groups excluding carboxylic acids is 2. The number of nitrogens with zero attached hydrogens (tertiary/aromatic N) is 1. The topological polar surface area (TPSA) is 58.6 Å². The number of hydrogen-bond donors (Lipinski definition) is 1. The molecular formula is C23H26N2O3S. The van der Waals surface area contributed by atoms with Gasteiger partial charge in [0.2, 0.25) is 11.8 Å². The van der Waals surface area contributed by atoms with E-state index in [2.05, 4.69) is 35.6 Å². The number of hydrogen-bond acceptors (Lipinski definition) is 4. The molecule has 4 heterocycles. The molecule has 0 saturated carbocycles. The predicted octanol–water partition coefficient (Wildman–Crippen LogP) is 3.33. The number of thiophene rings is 1. The smallest absolute Gasteiger partial charge is 0.227 e. The van der Waals surface area contributed by atoms with Crippen LogP contribution in [0.1, 0.15) is 36.1 Å². The van der Waals surface area contributed by atoms with Gasteiger partial charge in [-0.25, -0.2) is 0 Å². The average Bonchev–Trinajstić information content (AvgIpc) is 3.21. The molecule has 0 radical (unpaired) electrons. The van der Waals surface area contributed by atoms with Gasteiger partial charge in [0.1, 0.15) is 5.60 Å². The van der Waals surface area contributed by atoms with Crippen molar-refractivity contribution < 1.29 is 14.3 Å². The first-order valence-corrected chi connectivity index (χ1v) is 11.3. The lowest BCUT2D eigenvalue weighted by atomic mass is 9.84. The van der Waals surface area contributed by atoms with Gasteiger partial charge in [0.15, 0.2) is 0 Å². The third kappa shape index (κ3) is 3.49. The Hall–Kier alpha value is -2.18. The van der Waals surface area contributed by atoms with Crippen molar-refractivity contribution in [3.05, 3.63) is 46.8 Å². The molecular weight excluding hydrogens is 384 g/mol. The van der Waals surface area contributed by atoms with Crippen LogP contribution in [-0.4, -0.2) is 43.0 Å². The number of rotatable bonds is 2. The molecule has 2 fully saturated rings. The van der Waals surface area contributed by atoms with E-state index in [1.807, 2.05) is 22.3 Å². The Morgan fingerprint density at radius 2 is 1.97 bits per heavy atom. The summed E-state index contributed by atoms with van der Waals surface area (Å²) in [6.07, 6.45) is 3.78. The highest BCUT2D eigenvalue weighted by Crippen LogP contribution is 2.47. The minimum absolute atomic E-state index is 0.0571. The van der Waals surface area contributed by atoms with Crippen molar-refractivity contribution in [1.29, 1.82) is 0 Å². The first-order valence-electron chi connectivity index (χ1n) is 10.5. The summed E-state index contributed by atoms with van der Waals surface area (Å²) in [5.74, 6) is 0.171. The fourth-order valence-corrected chi connectivity index (χ4v) is 6.24. The van der Waals surface area contributed by atoms with Gasteiger partial charge in [-0.3, -0.25) is 9.59 Å². The summed E-state index contributed by atoms with van der Waals surface area (Å²) in [6, 6.07) is 12.9. The highest BCUT2D eigenvalue weighted by Gasteiger charge is 2.44. The largest absolute Gasteiger partial charge is 0.369 e. The molecule has 2 aromatic rings. The first kappa shape index (κ1) is 18.8. The summed E-state index contributed by atoms with van der Waals surface area (Å²) in [4.78, 5) is 28.9. The van der Waals surface area contributed by atoms with Crippen molar-refractivity contribution in [1.82, 2.24) is 10.2 Å². The molecule has 2 saturated heterocycles. The van der Waals surface area contributed by atoms with Gasteiger partial charge in [0.25, 0.3) is 0 Å². The molecule has 0 bridgehead atoms. The Balaban J connectivity index is 1.32. The molecule has 29 heavy (non-hydrogen) atoms. The van der Waals surface area contributed by atoms with Crippen LogP contribution in [0.5, 0.6) is 0 Å². The average molecular weight is 411 g/mol. The van der Waals surface area contributed by atoms with E-state index in [-0.39, 0.29) is 23.3 Å². The van der Waals surface area contributed by atoms with Crippen molar-refractivity contribution in [3.8, 4) is 10.4 Å². The highest BCUT2D eigenvalue weighted by molar-refractivity contribution is 7.15. The predicted molar refractivity (Wildman–Crippen MR) is 113 cm³/mol. The minimum Gasteiger partial charge on any atom is -0.369 e. The Kier molecular flexibility index (Phi) is 4.92. The maximum Gasteiger partial charge on any atom is 0.227 e. The molecule has 1 aromatic heterocycles. The molecule has 5 rings (SSSR count). The molecule has 1 atom stereocenters. The van der Waals surface area contributed by atoms with E-state index < -0.39 is 0 Å². The van der Waals surface area contributed by atoms with Gasteiger partial charge in [0.05, 0.1) is 12.5 Å². The van der Waals surface area contributed by atoms with E-state index in [0.717, 1.165) is 39.0 Å². The number of nitrogens with one attached hydrogen (secondary N) is 1. The summed E-state index contributed by atoms with van der Waals surface area (Å²) in [6.45, 7) is 2.68. The normalized spacial score (nSPS) is 23.5. The second-order valence-electron chi connectivity index (χ2n) is 8.29. The van der Waals surface area contributed by atoms with Crippen LogP contribution in [-0.2, 0) is 26.3 Å². The second-order valence-corrected chi connectivity index (χ2v) is 9.34. The fourth-order valence-electron chi connectivity index (χ4n) is 4.83. The summed E-state index contributed by atoms with van der Waals surface area (Å²) < 4.78 is 6.39. The van der Waals surface area contributed by atoms with E-state index in [4.69, 9.17) is 4.74 Å². The quantitative estimate of drug-likeness (QED) is 0.826. The zero-order valence-electron chi connectivity index (χ0n) is 16.5. The zero-order chi connectivity index (χ0) is 19.8. The molecule has 2 amide bonds. The van der Waals surface area contributed by atoms with Crippen molar-refractivity contribution in [2.45, 2.75) is 37.7 Å². The number of benzene rings is 1. The maximum atomic E-state index is 12.9. The number of piperidine rings is 2. The lowest BCUT2D eigenvalue weighted by Gasteiger charge is -2.44. The molecule has 1 N–H and O–H groups in total. The van der Waals surface area contributed by atoms with Crippen LogP contribution in [0.2, 0.25) is 0 Å². The SMILES string of the molecule is O=C1CCC(C(=O)N2CCC3(CC2)OCCc2cc(-c4ccccc4)sc23)CN1. The van der Waals surface area contributed by atoms with Gasteiger partial charge < -0.3 is 15.0 Å². The van der Waals surface area contributed by atoms with E-state index in [1.54, 1.807) is 0 Å². The summed E-state index contributed by atoms with van der Waals surface area (Å²) in [5.41, 5.74) is 2.42. The monoisotopic (exact) mass is 410 g/mol.